The first-order chi connectivity index (χ1) is 13.4. The molecule has 0 saturated carbocycles. The zero-order valence-electron chi connectivity index (χ0n) is 15.0. The summed E-state index contributed by atoms with van der Waals surface area (Å²) in [6, 6.07) is 5.42. The quantitative estimate of drug-likeness (QED) is 0.729. The number of primary amides is 1. The molecule has 1 aromatic heterocycles. The molecule has 1 unspecified atom stereocenters. The van der Waals surface area contributed by atoms with Gasteiger partial charge in [0.2, 0.25) is 5.91 Å². The third-order valence-corrected chi connectivity index (χ3v) is 4.28. The lowest BCUT2D eigenvalue weighted by Crippen LogP contribution is -2.58. The van der Waals surface area contributed by atoms with Crippen molar-refractivity contribution in [2.24, 2.45) is 5.73 Å². The van der Waals surface area contributed by atoms with Crippen LogP contribution in [0.4, 0.5) is 10.2 Å². The highest BCUT2D eigenvalue weighted by Gasteiger charge is 2.41. The number of aromatic nitrogens is 2. The van der Waals surface area contributed by atoms with Crippen LogP contribution in [0.2, 0.25) is 0 Å². The first-order valence-corrected chi connectivity index (χ1v) is 8.55. The van der Waals surface area contributed by atoms with E-state index in [-0.39, 0.29) is 44.2 Å². The van der Waals surface area contributed by atoms with Crippen LogP contribution in [0.15, 0.2) is 36.7 Å². The summed E-state index contributed by atoms with van der Waals surface area (Å²) in [5.41, 5.74) is 10.0. The lowest BCUT2D eigenvalue weighted by atomic mass is 9.97. The maximum atomic E-state index is 13.1. The predicted molar refractivity (Wildman–Crippen MR) is 96.7 cm³/mol. The van der Waals surface area contributed by atoms with E-state index in [2.05, 4.69) is 9.97 Å². The van der Waals surface area contributed by atoms with Crippen molar-refractivity contribution in [2.45, 2.75) is 12.0 Å². The summed E-state index contributed by atoms with van der Waals surface area (Å²) in [6.45, 7) is 0.450. The Balaban J connectivity index is 1.77. The van der Waals surface area contributed by atoms with Gasteiger partial charge >= 0.3 is 0 Å². The second-order valence-corrected chi connectivity index (χ2v) is 6.43. The van der Waals surface area contributed by atoms with Crippen LogP contribution in [0.3, 0.4) is 0 Å². The van der Waals surface area contributed by atoms with Crippen LogP contribution in [0, 0.1) is 5.82 Å². The molecule has 1 saturated heterocycles. The van der Waals surface area contributed by atoms with Gasteiger partial charge in [-0.05, 0) is 24.3 Å². The van der Waals surface area contributed by atoms with Gasteiger partial charge in [0.1, 0.15) is 23.8 Å². The minimum Gasteiger partial charge on any atom is -0.490 e. The van der Waals surface area contributed by atoms with E-state index in [1.54, 1.807) is 0 Å². The van der Waals surface area contributed by atoms with Crippen LogP contribution in [0.5, 0.6) is 5.75 Å². The lowest BCUT2D eigenvalue weighted by Gasteiger charge is -2.41. The smallest absolute Gasteiger partial charge is 0.276 e. The van der Waals surface area contributed by atoms with Crippen molar-refractivity contribution >= 4 is 17.6 Å². The summed E-state index contributed by atoms with van der Waals surface area (Å²) in [4.78, 5) is 33.7. The second kappa shape index (κ2) is 8.17. The highest BCUT2D eigenvalue weighted by atomic mass is 19.1. The number of hydrogen-bond acceptors (Lipinski definition) is 7. The fraction of sp³-hybridized carbons (Fsp3) is 0.333. The van der Waals surface area contributed by atoms with E-state index >= 15 is 0 Å². The molecule has 1 atom stereocenters. The number of nitrogens with two attached hydrogens (primary N) is 2. The monoisotopic (exact) mass is 389 g/mol. The van der Waals surface area contributed by atoms with Crippen LogP contribution < -0.4 is 16.2 Å². The van der Waals surface area contributed by atoms with Gasteiger partial charge in [0, 0.05) is 18.9 Å². The molecule has 1 aromatic carbocycles. The van der Waals surface area contributed by atoms with Crippen LogP contribution >= 0.6 is 0 Å². The number of carbonyl (C=O) groups excluding carboxylic acids is 2. The zero-order chi connectivity index (χ0) is 20.1. The largest absolute Gasteiger partial charge is 0.490 e. The lowest BCUT2D eigenvalue weighted by molar-refractivity contribution is -0.142. The summed E-state index contributed by atoms with van der Waals surface area (Å²) in [7, 11) is 0. The van der Waals surface area contributed by atoms with E-state index in [0.29, 0.717) is 5.75 Å². The number of ether oxygens (including phenoxy) is 2. The molecule has 1 fully saturated rings. The summed E-state index contributed by atoms with van der Waals surface area (Å²) >= 11 is 0. The van der Waals surface area contributed by atoms with Crippen molar-refractivity contribution in [3.8, 4) is 5.75 Å². The minimum absolute atomic E-state index is 0.0158. The summed E-state index contributed by atoms with van der Waals surface area (Å²) in [6.07, 6.45) is 2.60. The molecule has 9 nitrogen and oxygen atoms in total. The van der Waals surface area contributed by atoms with Crippen molar-refractivity contribution in [3.05, 3.63) is 48.2 Å². The van der Waals surface area contributed by atoms with Crippen LogP contribution in [0.25, 0.3) is 0 Å². The summed E-state index contributed by atoms with van der Waals surface area (Å²) < 4.78 is 24.5. The van der Waals surface area contributed by atoms with Gasteiger partial charge in [0.05, 0.1) is 19.6 Å². The Kier molecular flexibility index (Phi) is 5.69. The normalized spacial score (nSPS) is 19.2. The Morgan fingerprint density at radius 1 is 1.25 bits per heavy atom. The number of rotatable bonds is 6. The minimum atomic E-state index is -1.15. The molecule has 4 N–H and O–H groups in total. The van der Waals surface area contributed by atoms with Gasteiger partial charge in [0.15, 0.2) is 11.5 Å². The van der Waals surface area contributed by atoms with E-state index < -0.39 is 23.2 Å². The molecule has 10 heteroatoms. The van der Waals surface area contributed by atoms with Crippen molar-refractivity contribution in [3.63, 3.8) is 0 Å². The molecule has 148 valence electrons. The fourth-order valence-electron chi connectivity index (χ4n) is 2.99. The van der Waals surface area contributed by atoms with Gasteiger partial charge in [-0.25, -0.2) is 14.4 Å². The number of morpholine rings is 1. The van der Waals surface area contributed by atoms with Gasteiger partial charge < -0.3 is 25.8 Å². The summed E-state index contributed by atoms with van der Waals surface area (Å²) in [5.74, 6) is -1.01. The molecule has 0 aliphatic carbocycles. The molecule has 1 aliphatic rings. The number of anilines is 1. The Morgan fingerprint density at radius 2 is 1.96 bits per heavy atom. The molecule has 2 amide bonds. The standard InChI is InChI=1S/C18H20FN5O4/c19-12-1-3-13(4-2-12)27-11-18(9-14(20)25)10-24(7-8-28-18)17(26)15-16(21)23-6-5-22-15/h1-6H,7-11H2,(H2,20,25)(H2,21,23). The number of carbonyl (C=O) groups is 2. The Bertz CT molecular complexity index is 863. The number of nitrogens with zero attached hydrogens (tertiary/aromatic N) is 3. The Hall–Kier alpha value is -3.27. The summed E-state index contributed by atoms with van der Waals surface area (Å²) in [5, 5.41) is 0. The maximum absolute atomic E-state index is 13.1. The number of amides is 2. The number of halogens is 1. The van der Waals surface area contributed by atoms with Crippen molar-refractivity contribution in [2.75, 3.05) is 32.0 Å². The van der Waals surface area contributed by atoms with E-state index in [1.807, 2.05) is 0 Å². The van der Waals surface area contributed by atoms with Gasteiger partial charge in [0.25, 0.3) is 5.91 Å². The van der Waals surface area contributed by atoms with Crippen LogP contribution in [-0.2, 0) is 9.53 Å². The Morgan fingerprint density at radius 3 is 2.64 bits per heavy atom. The molecular formula is C18H20FN5O4. The van der Waals surface area contributed by atoms with E-state index in [9.17, 15) is 14.0 Å². The first-order valence-electron chi connectivity index (χ1n) is 8.55. The van der Waals surface area contributed by atoms with Gasteiger partial charge in [-0.2, -0.15) is 0 Å². The average Bonchev–Trinajstić information content (AvgIpc) is 2.67. The van der Waals surface area contributed by atoms with Gasteiger partial charge in [-0.15, -0.1) is 0 Å². The number of nitrogen functional groups attached to an aromatic ring is 1. The predicted octanol–water partition coefficient (Wildman–Crippen LogP) is 0.363. The van der Waals surface area contributed by atoms with Crippen molar-refractivity contribution < 1.29 is 23.5 Å². The molecule has 0 radical (unpaired) electrons. The Labute approximate surface area is 160 Å². The molecule has 0 spiro atoms. The van der Waals surface area contributed by atoms with Crippen molar-refractivity contribution in [1.82, 2.24) is 14.9 Å². The topological polar surface area (TPSA) is 134 Å². The molecule has 1 aliphatic heterocycles. The van der Waals surface area contributed by atoms with Crippen LogP contribution in [0.1, 0.15) is 16.9 Å². The number of benzene rings is 1. The molecular weight excluding hydrogens is 369 g/mol. The van der Waals surface area contributed by atoms with E-state index in [4.69, 9.17) is 20.9 Å². The molecule has 2 aromatic rings. The SMILES string of the molecule is NC(=O)CC1(COc2ccc(F)cc2)CN(C(=O)c2nccnc2N)CCO1. The third-order valence-electron chi connectivity index (χ3n) is 4.28. The van der Waals surface area contributed by atoms with Crippen LogP contribution in [-0.4, -0.2) is 58.6 Å². The highest BCUT2D eigenvalue weighted by Crippen LogP contribution is 2.25. The van der Waals surface area contributed by atoms with E-state index in [1.165, 1.54) is 41.6 Å². The van der Waals surface area contributed by atoms with Gasteiger partial charge in [-0.1, -0.05) is 0 Å². The maximum Gasteiger partial charge on any atom is 0.276 e. The molecule has 0 bridgehead atoms. The highest BCUT2D eigenvalue weighted by molar-refractivity contribution is 5.96. The molecule has 28 heavy (non-hydrogen) atoms. The molecule has 2 heterocycles. The average molecular weight is 389 g/mol. The fourth-order valence-corrected chi connectivity index (χ4v) is 2.99. The first kappa shape index (κ1) is 19.5. The van der Waals surface area contributed by atoms with Gasteiger partial charge in [-0.3, -0.25) is 9.59 Å². The van der Waals surface area contributed by atoms with Crippen molar-refractivity contribution in [1.29, 1.82) is 0 Å². The van der Waals surface area contributed by atoms with E-state index in [0.717, 1.165) is 0 Å². The second-order valence-electron chi connectivity index (χ2n) is 6.43. The number of hydrogen-bond donors (Lipinski definition) is 2. The molecule has 3 rings (SSSR count). The third kappa shape index (κ3) is 4.52. The zero-order valence-corrected chi connectivity index (χ0v) is 15.0.